The van der Waals surface area contributed by atoms with Crippen LogP contribution in [0, 0.1) is 18.3 Å². The molecule has 2 rings (SSSR count). The Morgan fingerprint density at radius 3 is 2.37 bits per heavy atom. The summed E-state index contributed by atoms with van der Waals surface area (Å²) in [6.45, 7) is 3.42. The molecule has 0 aliphatic heterocycles. The molecule has 0 aliphatic carbocycles. The van der Waals surface area contributed by atoms with Gasteiger partial charge in [0.2, 0.25) is 0 Å². The molecule has 0 amide bonds. The van der Waals surface area contributed by atoms with E-state index in [0.29, 0.717) is 6.54 Å². The van der Waals surface area contributed by atoms with Crippen LogP contribution in [0.3, 0.4) is 0 Å². The van der Waals surface area contributed by atoms with E-state index in [4.69, 9.17) is 5.26 Å². The molecule has 2 nitrogen and oxygen atoms in total. The van der Waals surface area contributed by atoms with E-state index >= 15 is 0 Å². The lowest BCUT2D eigenvalue weighted by Gasteiger charge is -2.22. The van der Waals surface area contributed by atoms with Crippen LogP contribution in [0.1, 0.15) is 11.1 Å². The molecule has 2 heteroatoms. The van der Waals surface area contributed by atoms with Crippen LogP contribution in [0.25, 0.3) is 0 Å². The third kappa shape index (κ3) is 3.59. The van der Waals surface area contributed by atoms with E-state index in [1.54, 1.807) is 0 Å². The van der Waals surface area contributed by atoms with Crippen molar-refractivity contribution in [1.82, 2.24) is 0 Å². The van der Waals surface area contributed by atoms with Crippen molar-refractivity contribution >= 4 is 5.69 Å². The first-order chi connectivity index (χ1) is 9.31. The van der Waals surface area contributed by atoms with Crippen molar-refractivity contribution in [2.75, 3.05) is 18.0 Å². The number of para-hydroxylation sites is 1. The molecule has 0 unspecified atom stereocenters. The summed E-state index contributed by atoms with van der Waals surface area (Å²) in [7, 11) is 0. The summed E-state index contributed by atoms with van der Waals surface area (Å²) in [6.07, 6.45) is 0.962. The van der Waals surface area contributed by atoms with Gasteiger partial charge in [-0.3, -0.25) is 0 Å². The minimum Gasteiger partial charge on any atom is -0.358 e. The molecule has 0 atom stereocenters. The molecule has 0 bridgehead atoms. The van der Waals surface area contributed by atoms with E-state index in [-0.39, 0.29) is 0 Å². The minimum atomic E-state index is 0.426. The van der Waals surface area contributed by atoms with Gasteiger partial charge in [-0.15, -0.1) is 0 Å². The molecule has 0 radical (unpaired) electrons. The van der Waals surface area contributed by atoms with Gasteiger partial charge in [-0.2, -0.15) is 5.26 Å². The van der Waals surface area contributed by atoms with E-state index in [1.165, 1.54) is 11.1 Å². The summed E-state index contributed by atoms with van der Waals surface area (Å²) in [5.74, 6) is 0. The normalized spacial score (nSPS) is 9.89. The number of hydrogen-bond donors (Lipinski definition) is 0. The maximum atomic E-state index is 8.96. The molecule has 0 spiro atoms. The fraction of sp³-hybridized carbons (Fsp3) is 0.235. The van der Waals surface area contributed by atoms with Crippen LogP contribution in [-0.2, 0) is 6.42 Å². The molecule has 0 N–H and O–H groups in total. The van der Waals surface area contributed by atoms with Crippen molar-refractivity contribution in [2.24, 2.45) is 0 Å². The first kappa shape index (κ1) is 13.2. The smallest absolute Gasteiger partial charge is 0.105 e. The number of benzene rings is 2. The summed E-state index contributed by atoms with van der Waals surface area (Å²) < 4.78 is 0. The Hall–Kier alpha value is -2.27. The van der Waals surface area contributed by atoms with E-state index in [1.807, 2.05) is 18.2 Å². The summed E-state index contributed by atoms with van der Waals surface area (Å²) in [5.41, 5.74) is 3.77. The maximum Gasteiger partial charge on any atom is 0.105 e. The maximum absolute atomic E-state index is 8.96. The molecule has 96 valence electrons. The van der Waals surface area contributed by atoms with Crippen LogP contribution < -0.4 is 4.90 Å². The zero-order valence-electron chi connectivity index (χ0n) is 11.2. The number of rotatable bonds is 5. The average Bonchev–Trinajstić information content (AvgIpc) is 2.46. The van der Waals surface area contributed by atoms with Gasteiger partial charge in [-0.25, -0.2) is 0 Å². The minimum absolute atomic E-state index is 0.426. The molecule has 0 heterocycles. The SMILES string of the molecule is Cc1ccccc1CCN(CC#N)c1ccccc1. The van der Waals surface area contributed by atoms with E-state index in [0.717, 1.165) is 18.7 Å². The van der Waals surface area contributed by atoms with Crippen LogP contribution >= 0.6 is 0 Å². The number of anilines is 1. The van der Waals surface area contributed by atoms with Crippen LogP contribution in [0.5, 0.6) is 0 Å². The molecule has 0 aromatic heterocycles. The number of aryl methyl sites for hydroxylation is 1. The standard InChI is InChI=1S/C17H18N2/c1-15-7-5-6-8-16(15)11-13-19(14-12-18)17-9-3-2-4-10-17/h2-10H,11,13-14H2,1H3. The van der Waals surface area contributed by atoms with E-state index in [2.05, 4.69) is 54.3 Å². The second-order valence-corrected chi connectivity index (χ2v) is 4.59. The first-order valence-electron chi connectivity index (χ1n) is 6.52. The lowest BCUT2D eigenvalue weighted by Crippen LogP contribution is -2.26. The van der Waals surface area contributed by atoms with Crippen molar-refractivity contribution in [3.63, 3.8) is 0 Å². The van der Waals surface area contributed by atoms with Crippen LogP contribution in [0.4, 0.5) is 5.69 Å². The topological polar surface area (TPSA) is 27.0 Å². The second-order valence-electron chi connectivity index (χ2n) is 4.59. The fourth-order valence-corrected chi connectivity index (χ4v) is 2.17. The molecule has 0 fully saturated rings. The Balaban J connectivity index is 2.07. The van der Waals surface area contributed by atoms with E-state index in [9.17, 15) is 0 Å². The van der Waals surface area contributed by atoms with Gasteiger partial charge in [0.1, 0.15) is 6.54 Å². The predicted octanol–water partition coefficient (Wildman–Crippen LogP) is 3.57. The van der Waals surface area contributed by atoms with Crippen molar-refractivity contribution in [1.29, 1.82) is 5.26 Å². The van der Waals surface area contributed by atoms with Crippen molar-refractivity contribution < 1.29 is 0 Å². The molecule has 2 aromatic carbocycles. The van der Waals surface area contributed by atoms with Crippen molar-refractivity contribution in [3.8, 4) is 6.07 Å². The molecular weight excluding hydrogens is 232 g/mol. The Morgan fingerprint density at radius 2 is 1.68 bits per heavy atom. The highest BCUT2D eigenvalue weighted by atomic mass is 15.1. The number of nitriles is 1. The van der Waals surface area contributed by atoms with Gasteiger partial charge < -0.3 is 4.90 Å². The van der Waals surface area contributed by atoms with Gasteiger partial charge in [0, 0.05) is 12.2 Å². The first-order valence-corrected chi connectivity index (χ1v) is 6.52. The molecule has 0 saturated carbocycles. The summed E-state index contributed by atoms with van der Waals surface area (Å²) in [5, 5.41) is 8.96. The largest absolute Gasteiger partial charge is 0.358 e. The average molecular weight is 250 g/mol. The van der Waals surface area contributed by atoms with Gasteiger partial charge in [-0.1, -0.05) is 42.5 Å². The monoisotopic (exact) mass is 250 g/mol. The molecule has 0 aliphatic rings. The summed E-state index contributed by atoms with van der Waals surface area (Å²) >= 11 is 0. The highest BCUT2D eigenvalue weighted by Gasteiger charge is 2.06. The lowest BCUT2D eigenvalue weighted by atomic mass is 10.1. The highest BCUT2D eigenvalue weighted by molar-refractivity contribution is 5.47. The molecular formula is C17H18N2. The highest BCUT2D eigenvalue weighted by Crippen LogP contribution is 2.15. The van der Waals surface area contributed by atoms with Crippen LogP contribution in [-0.4, -0.2) is 13.1 Å². The molecule has 0 saturated heterocycles. The Bertz CT molecular complexity index is 555. The van der Waals surface area contributed by atoms with Gasteiger partial charge in [0.15, 0.2) is 0 Å². The van der Waals surface area contributed by atoms with E-state index < -0.39 is 0 Å². The van der Waals surface area contributed by atoms with Gasteiger partial charge in [0.25, 0.3) is 0 Å². The number of nitrogens with zero attached hydrogens (tertiary/aromatic N) is 2. The van der Waals surface area contributed by atoms with Crippen molar-refractivity contribution in [3.05, 3.63) is 65.7 Å². The zero-order valence-corrected chi connectivity index (χ0v) is 11.2. The third-order valence-corrected chi connectivity index (χ3v) is 3.30. The third-order valence-electron chi connectivity index (χ3n) is 3.30. The van der Waals surface area contributed by atoms with Gasteiger partial charge in [-0.05, 0) is 36.6 Å². The van der Waals surface area contributed by atoms with Crippen LogP contribution in [0.2, 0.25) is 0 Å². The van der Waals surface area contributed by atoms with Gasteiger partial charge in [0.05, 0.1) is 6.07 Å². The van der Waals surface area contributed by atoms with Crippen LogP contribution in [0.15, 0.2) is 54.6 Å². The molecule has 2 aromatic rings. The Morgan fingerprint density at radius 1 is 1.00 bits per heavy atom. The predicted molar refractivity (Wildman–Crippen MR) is 79.2 cm³/mol. The fourth-order valence-electron chi connectivity index (χ4n) is 2.17. The second kappa shape index (κ2) is 6.61. The van der Waals surface area contributed by atoms with Crippen molar-refractivity contribution in [2.45, 2.75) is 13.3 Å². The summed E-state index contributed by atoms with van der Waals surface area (Å²) in [4.78, 5) is 2.12. The molecule has 19 heavy (non-hydrogen) atoms. The Labute approximate surface area is 114 Å². The quantitative estimate of drug-likeness (QED) is 0.759. The zero-order chi connectivity index (χ0) is 13.5. The lowest BCUT2D eigenvalue weighted by molar-refractivity contribution is 0.836. The summed E-state index contributed by atoms with van der Waals surface area (Å²) in [6, 6.07) is 20.8. The van der Waals surface area contributed by atoms with Gasteiger partial charge >= 0.3 is 0 Å². The Kier molecular flexibility index (Phi) is 4.58. The number of hydrogen-bond acceptors (Lipinski definition) is 2.